The van der Waals surface area contributed by atoms with Crippen LogP contribution in [-0.2, 0) is 11.3 Å². The molecule has 20 heavy (non-hydrogen) atoms. The number of aliphatic carboxylic acids is 1. The fourth-order valence-electron chi connectivity index (χ4n) is 2.43. The Bertz CT molecular complexity index is 487. The number of hydrogen-bond acceptors (Lipinski definition) is 3. The predicted octanol–water partition coefficient (Wildman–Crippen LogP) is 1.44. The van der Waals surface area contributed by atoms with Crippen LogP contribution in [0.15, 0.2) is 18.3 Å². The Kier molecular flexibility index (Phi) is 4.55. The molecule has 2 atom stereocenters. The van der Waals surface area contributed by atoms with Crippen molar-refractivity contribution in [2.24, 2.45) is 5.92 Å². The number of pyridine rings is 1. The summed E-state index contributed by atoms with van der Waals surface area (Å²) in [5, 5.41) is 14.5. The van der Waals surface area contributed by atoms with Crippen molar-refractivity contribution < 1.29 is 14.7 Å². The number of aromatic nitrogens is 1. The number of carbonyl (C=O) groups is 2. The quantitative estimate of drug-likeness (QED) is 0.776. The molecule has 0 aromatic carbocycles. The Labute approximate surface area is 117 Å². The van der Waals surface area contributed by atoms with E-state index >= 15 is 0 Å². The minimum Gasteiger partial charge on any atom is -0.481 e. The Balaban J connectivity index is 1.80. The van der Waals surface area contributed by atoms with Gasteiger partial charge in [-0.05, 0) is 31.4 Å². The van der Waals surface area contributed by atoms with Crippen molar-refractivity contribution in [2.45, 2.75) is 38.8 Å². The number of carboxylic acids is 1. The summed E-state index contributed by atoms with van der Waals surface area (Å²) in [6.07, 6.45) is 3.90. The van der Waals surface area contributed by atoms with Gasteiger partial charge in [-0.2, -0.15) is 0 Å². The largest absolute Gasteiger partial charge is 0.481 e. The third-order valence-electron chi connectivity index (χ3n) is 3.58. The molecule has 0 spiro atoms. The van der Waals surface area contributed by atoms with E-state index in [1.165, 1.54) is 0 Å². The molecule has 6 heteroatoms. The molecule has 0 radical (unpaired) electrons. The predicted molar refractivity (Wildman–Crippen MR) is 73.1 cm³/mol. The van der Waals surface area contributed by atoms with Gasteiger partial charge in [0, 0.05) is 24.5 Å². The Morgan fingerprint density at radius 2 is 2.20 bits per heavy atom. The van der Waals surface area contributed by atoms with Gasteiger partial charge in [0.25, 0.3) is 0 Å². The molecule has 0 aliphatic heterocycles. The number of hydrogen-bond donors (Lipinski definition) is 3. The van der Waals surface area contributed by atoms with E-state index < -0.39 is 11.9 Å². The number of carbonyl (C=O) groups excluding carboxylic acids is 1. The first kappa shape index (κ1) is 14.3. The zero-order valence-corrected chi connectivity index (χ0v) is 11.4. The van der Waals surface area contributed by atoms with E-state index in [0.29, 0.717) is 13.0 Å². The molecule has 1 fully saturated rings. The van der Waals surface area contributed by atoms with Crippen molar-refractivity contribution in [3.63, 3.8) is 0 Å². The summed E-state index contributed by atoms with van der Waals surface area (Å²) in [5.41, 5.74) is 1.83. The smallest absolute Gasteiger partial charge is 0.315 e. The molecule has 0 saturated heterocycles. The topological polar surface area (TPSA) is 91.3 Å². The maximum atomic E-state index is 11.8. The van der Waals surface area contributed by atoms with Crippen molar-refractivity contribution in [1.82, 2.24) is 15.6 Å². The molecule has 2 rings (SSSR count). The van der Waals surface area contributed by atoms with Gasteiger partial charge in [0.2, 0.25) is 0 Å². The van der Waals surface area contributed by atoms with Crippen LogP contribution in [0.2, 0.25) is 0 Å². The van der Waals surface area contributed by atoms with Crippen molar-refractivity contribution in [3.8, 4) is 0 Å². The summed E-state index contributed by atoms with van der Waals surface area (Å²) in [6, 6.07) is 3.18. The summed E-state index contributed by atoms with van der Waals surface area (Å²) in [5.74, 6) is -1.31. The lowest BCUT2D eigenvalue weighted by molar-refractivity contribution is -0.142. The first-order chi connectivity index (χ1) is 9.56. The first-order valence-electron chi connectivity index (χ1n) is 6.75. The van der Waals surface area contributed by atoms with Crippen molar-refractivity contribution in [2.75, 3.05) is 0 Å². The number of urea groups is 1. The van der Waals surface area contributed by atoms with Crippen LogP contribution in [0.4, 0.5) is 4.79 Å². The van der Waals surface area contributed by atoms with Gasteiger partial charge >= 0.3 is 12.0 Å². The summed E-state index contributed by atoms with van der Waals surface area (Å²) >= 11 is 0. The number of aryl methyl sites for hydroxylation is 1. The Morgan fingerprint density at radius 1 is 1.40 bits per heavy atom. The van der Waals surface area contributed by atoms with Gasteiger partial charge in [0.15, 0.2) is 0 Å². The highest BCUT2D eigenvalue weighted by molar-refractivity contribution is 5.77. The number of rotatable bonds is 4. The number of carboxylic acid groups (broad SMARTS) is 1. The third-order valence-corrected chi connectivity index (χ3v) is 3.58. The van der Waals surface area contributed by atoms with E-state index in [-0.39, 0.29) is 12.1 Å². The zero-order valence-electron chi connectivity index (χ0n) is 11.4. The van der Waals surface area contributed by atoms with Gasteiger partial charge in [-0.15, -0.1) is 0 Å². The molecular weight excluding hydrogens is 258 g/mol. The summed E-state index contributed by atoms with van der Waals surface area (Å²) in [6.45, 7) is 2.28. The Morgan fingerprint density at radius 3 is 2.85 bits per heavy atom. The van der Waals surface area contributed by atoms with Crippen molar-refractivity contribution >= 4 is 12.0 Å². The van der Waals surface area contributed by atoms with Gasteiger partial charge < -0.3 is 15.7 Å². The fourth-order valence-corrected chi connectivity index (χ4v) is 2.43. The second-order valence-corrected chi connectivity index (χ2v) is 5.12. The SMILES string of the molecule is Cc1ccc(CNC(=O)NC2CCCC2C(=O)O)cn1. The van der Waals surface area contributed by atoms with Gasteiger partial charge in [0.1, 0.15) is 0 Å². The lowest BCUT2D eigenvalue weighted by atomic mass is 10.0. The maximum absolute atomic E-state index is 11.8. The lowest BCUT2D eigenvalue weighted by Gasteiger charge is -2.17. The van der Waals surface area contributed by atoms with Crippen LogP contribution >= 0.6 is 0 Å². The van der Waals surface area contributed by atoms with E-state index in [9.17, 15) is 9.59 Å². The highest BCUT2D eigenvalue weighted by atomic mass is 16.4. The van der Waals surface area contributed by atoms with Crippen LogP contribution in [0.25, 0.3) is 0 Å². The van der Waals surface area contributed by atoms with Crippen LogP contribution in [0.3, 0.4) is 0 Å². The minimum atomic E-state index is -0.837. The van der Waals surface area contributed by atoms with Crippen LogP contribution in [0.5, 0.6) is 0 Å². The zero-order chi connectivity index (χ0) is 14.5. The van der Waals surface area contributed by atoms with E-state index in [2.05, 4.69) is 15.6 Å². The molecule has 2 unspecified atom stereocenters. The van der Waals surface area contributed by atoms with Gasteiger partial charge in [-0.25, -0.2) is 4.79 Å². The van der Waals surface area contributed by atoms with Crippen LogP contribution in [0.1, 0.15) is 30.5 Å². The van der Waals surface area contributed by atoms with E-state index in [1.807, 2.05) is 19.1 Å². The minimum absolute atomic E-state index is 0.274. The summed E-state index contributed by atoms with van der Waals surface area (Å²) in [7, 11) is 0. The number of nitrogens with one attached hydrogen (secondary N) is 2. The van der Waals surface area contributed by atoms with Crippen molar-refractivity contribution in [1.29, 1.82) is 0 Å². The molecule has 0 bridgehead atoms. The summed E-state index contributed by atoms with van der Waals surface area (Å²) < 4.78 is 0. The molecule has 1 aliphatic carbocycles. The molecule has 3 N–H and O–H groups in total. The highest BCUT2D eigenvalue weighted by Gasteiger charge is 2.33. The van der Waals surface area contributed by atoms with Crippen LogP contribution in [-0.4, -0.2) is 28.1 Å². The van der Waals surface area contributed by atoms with Crippen LogP contribution in [0, 0.1) is 12.8 Å². The van der Waals surface area contributed by atoms with Gasteiger partial charge in [-0.1, -0.05) is 12.5 Å². The standard InChI is InChI=1S/C14H19N3O3/c1-9-5-6-10(7-15-9)8-16-14(20)17-12-4-2-3-11(12)13(18)19/h5-7,11-12H,2-4,8H2,1H3,(H,18,19)(H2,16,17,20). The molecule has 1 heterocycles. The van der Waals surface area contributed by atoms with Crippen LogP contribution < -0.4 is 10.6 Å². The first-order valence-corrected chi connectivity index (χ1v) is 6.75. The Hall–Kier alpha value is -2.11. The number of nitrogens with zero attached hydrogens (tertiary/aromatic N) is 1. The molecule has 1 saturated carbocycles. The molecular formula is C14H19N3O3. The number of amides is 2. The molecule has 2 amide bonds. The molecule has 1 aliphatic rings. The highest BCUT2D eigenvalue weighted by Crippen LogP contribution is 2.25. The second kappa shape index (κ2) is 6.36. The monoisotopic (exact) mass is 277 g/mol. The normalized spacial score (nSPS) is 21.4. The third kappa shape index (κ3) is 3.69. The van der Waals surface area contributed by atoms with E-state index in [0.717, 1.165) is 24.1 Å². The molecule has 108 valence electrons. The lowest BCUT2D eigenvalue weighted by Crippen LogP contribution is -2.45. The second-order valence-electron chi connectivity index (χ2n) is 5.12. The average Bonchev–Trinajstić information content (AvgIpc) is 2.86. The van der Waals surface area contributed by atoms with Crippen molar-refractivity contribution in [3.05, 3.63) is 29.6 Å². The molecule has 1 aromatic heterocycles. The molecule has 6 nitrogen and oxygen atoms in total. The summed E-state index contributed by atoms with van der Waals surface area (Å²) in [4.78, 5) is 26.9. The maximum Gasteiger partial charge on any atom is 0.315 e. The fraction of sp³-hybridized carbons (Fsp3) is 0.500. The van der Waals surface area contributed by atoms with E-state index in [1.54, 1.807) is 6.20 Å². The average molecular weight is 277 g/mol. The van der Waals surface area contributed by atoms with Gasteiger partial charge in [0.05, 0.1) is 5.92 Å². The molecule has 1 aromatic rings. The van der Waals surface area contributed by atoms with E-state index in [4.69, 9.17) is 5.11 Å². The van der Waals surface area contributed by atoms with Gasteiger partial charge in [-0.3, -0.25) is 9.78 Å².